The van der Waals surface area contributed by atoms with E-state index in [-0.39, 0.29) is 0 Å². The van der Waals surface area contributed by atoms with E-state index < -0.39 is 0 Å². The number of likely N-dealkylation sites (tertiary alicyclic amines) is 1. The van der Waals surface area contributed by atoms with E-state index in [0.717, 1.165) is 23.8 Å². The first-order chi connectivity index (χ1) is 6.76. The predicted molar refractivity (Wildman–Crippen MR) is 61.3 cm³/mol. The van der Waals surface area contributed by atoms with Gasteiger partial charge in [-0.3, -0.25) is 0 Å². The Kier molecular flexibility index (Phi) is 3.16. The molecule has 1 saturated carbocycles. The zero-order chi connectivity index (χ0) is 10.1. The summed E-state index contributed by atoms with van der Waals surface area (Å²) in [5.74, 6) is 3.11. The molecule has 14 heavy (non-hydrogen) atoms. The number of hydrogen-bond donors (Lipinski definition) is 0. The van der Waals surface area contributed by atoms with Crippen molar-refractivity contribution in [1.29, 1.82) is 0 Å². The lowest BCUT2D eigenvalue weighted by Gasteiger charge is -2.36. The Bertz CT molecular complexity index is 188. The highest BCUT2D eigenvalue weighted by atomic mass is 15.2. The van der Waals surface area contributed by atoms with Crippen LogP contribution in [0.1, 0.15) is 46.0 Å². The molecular formula is C13H25N. The second-order valence-electron chi connectivity index (χ2n) is 5.45. The third kappa shape index (κ3) is 1.71. The maximum atomic E-state index is 2.61. The van der Waals surface area contributed by atoms with Crippen LogP contribution in [0.25, 0.3) is 0 Å². The largest absolute Gasteiger partial charge is 0.303 e. The van der Waals surface area contributed by atoms with E-state index in [4.69, 9.17) is 0 Å². The standard InChI is InChI=1S/C13H25N/c1-4-6-10-7-12-8-11(9-14(12)3)13(10)5-2/h10-13H,4-9H2,1-3H3. The monoisotopic (exact) mass is 195 g/mol. The van der Waals surface area contributed by atoms with E-state index in [1.54, 1.807) is 0 Å². The fraction of sp³-hybridized carbons (Fsp3) is 1.00. The van der Waals surface area contributed by atoms with Crippen molar-refractivity contribution in [3.05, 3.63) is 0 Å². The molecule has 1 nitrogen and oxygen atoms in total. The van der Waals surface area contributed by atoms with E-state index in [2.05, 4.69) is 25.8 Å². The summed E-state index contributed by atoms with van der Waals surface area (Å²) in [7, 11) is 2.33. The molecule has 1 saturated heterocycles. The van der Waals surface area contributed by atoms with Gasteiger partial charge in [0, 0.05) is 12.6 Å². The van der Waals surface area contributed by atoms with Crippen molar-refractivity contribution in [2.45, 2.75) is 52.0 Å². The number of hydrogen-bond acceptors (Lipinski definition) is 1. The van der Waals surface area contributed by atoms with Crippen LogP contribution in [0.5, 0.6) is 0 Å². The molecule has 0 aromatic carbocycles. The van der Waals surface area contributed by atoms with Gasteiger partial charge in [-0.05, 0) is 37.6 Å². The summed E-state index contributed by atoms with van der Waals surface area (Å²) in [6, 6.07) is 0.930. The second kappa shape index (κ2) is 4.22. The number of fused-ring (bicyclic) bond motifs is 2. The van der Waals surface area contributed by atoms with Gasteiger partial charge in [0.05, 0.1) is 0 Å². The molecule has 4 unspecified atom stereocenters. The van der Waals surface area contributed by atoms with Gasteiger partial charge in [0.2, 0.25) is 0 Å². The third-order valence-corrected chi connectivity index (χ3v) is 4.64. The van der Waals surface area contributed by atoms with E-state index in [1.165, 1.54) is 38.6 Å². The Labute approximate surface area is 88.9 Å². The Balaban J connectivity index is 2.05. The van der Waals surface area contributed by atoms with Crippen molar-refractivity contribution >= 4 is 0 Å². The maximum absolute atomic E-state index is 2.61. The van der Waals surface area contributed by atoms with Crippen molar-refractivity contribution in [3.8, 4) is 0 Å². The number of rotatable bonds is 3. The highest BCUT2D eigenvalue weighted by molar-refractivity contribution is 4.95. The molecule has 1 heteroatoms. The molecule has 0 radical (unpaired) electrons. The molecule has 1 aliphatic carbocycles. The molecule has 1 heterocycles. The molecule has 0 N–H and O–H groups in total. The average molecular weight is 195 g/mol. The molecule has 1 aliphatic heterocycles. The molecule has 4 atom stereocenters. The molecule has 0 amide bonds. The molecule has 2 rings (SSSR count). The van der Waals surface area contributed by atoms with Crippen LogP contribution in [0.3, 0.4) is 0 Å². The zero-order valence-corrected chi connectivity index (χ0v) is 10.00. The van der Waals surface area contributed by atoms with Crippen molar-refractivity contribution in [2.24, 2.45) is 17.8 Å². The zero-order valence-electron chi connectivity index (χ0n) is 10.00. The van der Waals surface area contributed by atoms with Crippen LogP contribution < -0.4 is 0 Å². The van der Waals surface area contributed by atoms with Gasteiger partial charge in [-0.15, -0.1) is 0 Å². The van der Waals surface area contributed by atoms with Gasteiger partial charge in [-0.25, -0.2) is 0 Å². The minimum Gasteiger partial charge on any atom is -0.303 e. The topological polar surface area (TPSA) is 3.24 Å². The molecule has 0 spiro atoms. The van der Waals surface area contributed by atoms with E-state index in [0.29, 0.717) is 0 Å². The summed E-state index contributed by atoms with van der Waals surface area (Å²) in [4.78, 5) is 2.61. The van der Waals surface area contributed by atoms with Gasteiger partial charge in [0.25, 0.3) is 0 Å². The van der Waals surface area contributed by atoms with Crippen LogP contribution in [0, 0.1) is 17.8 Å². The van der Waals surface area contributed by atoms with Crippen molar-refractivity contribution in [1.82, 2.24) is 4.90 Å². The van der Waals surface area contributed by atoms with Crippen LogP contribution in [0.4, 0.5) is 0 Å². The first-order valence-electron chi connectivity index (χ1n) is 6.46. The second-order valence-corrected chi connectivity index (χ2v) is 5.45. The Morgan fingerprint density at radius 1 is 1.21 bits per heavy atom. The smallest absolute Gasteiger partial charge is 0.00982 e. The summed E-state index contributed by atoms with van der Waals surface area (Å²) >= 11 is 0. The molecule has 0 aromatic heterocycles. The van der Waals surface area contributed by atoms with Crippen molar-refractivity contribution < 1.29 is 0 Å². The van der Waals surface area contributed by atoms with Gasteiger partial charge in [0.1, 0.15) is 0 Å². The third-order valence-electron chi connectivity index (χ3n) is 4.64. The van der Waals surface area contributed by atoms with Crippen LogP contribution in [0.15, 0.2) is 0 Å². The van der Waals surface area contributed by atoms with Gasteiger partial charge >= 0.3 is 0 Å². The first kappa shape index (κ1) is 10.5. The Hall–Kier alpha value is -0.0400. The van der Waals surface area contributed by atoms with Gasteiger partial charge in [-0.1, -0.05) is 33.1 Å². The van der Waals surface area contributed by atoms with Crippen LogP contribution in [-0.4, -0.2) is 24.5 Å². The first-order valence-corrected chi connectivity index (χ1v) is 6.46. The lowest BCUT2D eigenvalue weighted by atomic mass is 9.70. The fourth-order valence-electron chi connectivity index (χ4n) is 3.99. The highest BCUT2D eigenvalue weighted by Crippen LogP contribution is 2.45. The van der Waals surface area contributed by atoms with E-state index >= 15 is 0 Å². The van der Waals surface area contributed by atoms with Crippen LogP contribution in [0.2, 0.25) is 0 Å². The van der Waals surface area contributed by atoms with E-state index in [1.807, 2.05) is 0 Å². The fourth-order valence-corrected chi connectivity index (χ4v) is 3.99. The summed E-state index contributed by atoms with van der Waals surface area (Å²) in [5, 5.41) is 0. The number of nitrogens with zero attached hydrogens (tertiary/aromatic N) is 1. The minimum absolute atomic E-state index is 0.930. The molecule has 0 aromatic rings. The van der Waals surface area contributed by atoms with Crippen molar-refractivity contribution in [2.75, 3.05) is 13.6 Å². The van der Waals surface area contributed by atoms with Crippen LogP contribution in [-0.2, 0) is 0 Å². The van der Waals surface area contributed by atoms with Gasteiger partial charge < -0.3 is 4.90 Å². The normalized spacial score (nSPS) is 43.1. The quantitative estimate of drug-likeness (QED) is 0.668. The molecule has 2 aliphatic rings. The Morgan fingerprint density at radius 3 is 2.64 bits per heavy atom. The summed E-state index contributed by atoms with van der Waals surface area (Å²) in [6.07, 6.45) is 7.24. The summed E-state index contributed by atoms with van der Waals surface area (Å²) < 4.78 is 0. The molecule has 2 fully saturated rings. The Morgan fingerprint density at radius 2 is 2.00 bits per heavy atom. The summed E-state index contributed by atoms with van der Waals surface area (Å²) in [6.45, 7) is 6.11. The average Bonchev–Trinajstić information content (AvgIpc) is 2.45. The lowest BCUT2D eigenvalue weighted by Crippen LogP contribution is -2.31. The minimum atomic E-state index is 0.930. The lowest BCUT2D eigenvalue weighted by molar-refractivity contribution is 0.157. The molecule has 82 valence electrons. The van der Waals surface area contributed by atoms with Gasteiger partial charge in [0.15, 0.2) is 0 Å². The maximum Gasteiger partial charge on any atom is 0.00982 e. The molecule has 2 bridgehead atoms. The van der Waals surface area contributed by atoms with Crippen molar-refractivity contribution in [3.63, 3.8) is 0 Å². The van der Waals surface area contributed by atoms with E-state index in [9.17, 15) is 0 Å². The highest BCUT2D eigenvalue weighted by Gasteiger charge is 2.42. The summed E-state index contributed by atoms with van der Waals surface area (Å²) in [5.41, 5.74) is 0. The predicted octanol–water partition coefficient (Wildman–Crippen LogP) is 3.15. The molecular weight excluding hydrogens is 170 g/mol. The SMILES string of the molecule is CCCC1CC2CC(CN2C)C1CC. The van der Waals surface area contributed by atoms with Crippen LogP contribution >= 0.6 is 0 Å². The van der Waals surface area contributed by atoms with Gasteiger partial charge in [-0.2, -0.15) is 0 Å².